The van der Waals surface area contributed by atoms with E-state index in [1.807, 2.05) is 72.4 Å². The highest BCUT2D eigenvalue weighted by molar-refractivity contribution is 6.03. The van der Waals surface area contributed by atoms with Crippen LogP contribution < -0.4 is 19.9 Å². The van der Waals surface area contributed by atoms with E-state index in [0.717, 1.165) is 35.8 Å². The Kier molecular flexibility index (Phi) is 9.09. The zero-order valence-electron chi connectivity index (χ0n) is 21.7. The van der Waals surface area contributed by atoms with Crippen molar-refractivity contribution in [2.24, 2.45) is 0 Å². The van der Waals surface area contributed by atoms with Crippen molar-refractivity contribution >= 4 is 23.1 Å². The standard InChI is InChI=1S/C28H35N5O3/c1-6-33(7-2)25(20-11-10-12-21(17-20)36-5)19-30-27(35)16-15-26(34)22(18-29)28-31(3)23-13-8-9-14-24(23)32(28)4/h8-14,17,25H,6-7,15-16,19H2,1-5H3,(H,30,35). The highest BCUT2D eigenvalue weighted by Gasteiger charge is 2.31. The van der Waals surface area contributed by atoms with Crippen LogP contribution >= 0.6 is 0 Å². The van der Waals surface area contributed by atoms with Crippen LogP contribution in [-0.2, 0) is 9.59 Å². The summed E-state index contributed by atoms with van der Waals surface area (Å²) >= 11 is 0. The van der Waals surface area contributed by atoms with E-state index in [2.05, 4.69) is 30.1 Å². The Morgan fingerprint density at radius 2 is 1.67 bits per heavy atom. The summed E-state index contributed by atoms with van der Waals surface area (Å²) < 4.78 is 5.37. The molecule has 0 spiro atoms. The van der Waals surface area contributed by atoms with Crippen molar-refractivity contribution in [3.8, 4) is 11.8 Å². The van der Waals surface area contributed by atoms with Crippen molar-refractivity contribution in [2.45, 2.75) is 32.7 Å². The number of hydrogen-bond acceptors (Lipinski definition) is 7. The Labute approximate surface area is 213 Å². The predicted octanol–water partition coefficient (Wildman–Crippen LogP) is 3.86. The molecule has 0 fully saturated rings. The molecule has 1 amide bonds. The van der Waals surface area contributed by atoms with Gasteiger partial charge in [-0.15, -0.1) is 0 Å². The van der Waals surface area contributed by atoms with Gasteiger partial charge in [0.25, 0.3) is 0 Å². The number of hydrogen-bond donors (Lipinski definition) is 1. The number of nitriles is 1. The SMILES string of the molecule is CCN(CC)C(CNC(=O)CCC(=O)C(C#N)=C1N(C)c2ccccc2N1C)c1cccc(OC)c1. The molecule has 2 aromatic carbocycles. The minimum absolute atomic E-state index is 0.0146. The van der Waals surface area contributed by atoms with Gasteiger partial charge in [0.2, 0.25) is 5.91 Å². The number of anilines is 2. The Hall–Kier alpha value is -3.83. The molecule has 8 nitrogen and oxygen atoms in total. The number of amides is 1. The normalized spacial score (nSPS) is 13.3. The molecule has 2 aromatic rings. The number of nitrogens with one attached hydrogen (secondary N) is 1. The first-order chi connectivity index (χ1) is 17.4. The Morgan fingerprint density at radius 3 is 2.22 bits per heavy atom. The lowest BCUT2D eigenvalue weighted by Gasteiger charge is -2.30. The molecule has 1 heterocycles. The molecule has 0 aromatic heterocycles. The number of methoxy groups -OCH3 is 1. The Bertz CT molecular complexity index is 1130. The number of nitrogens with zero attached hydrogens (tertiary/aromatic N) is 4. The third-order valence-corrected chi connectivity index (χ3v) is 6.66. The van der Waals surface area contributed by atoms with E-state index < -0.39 is 0 Å². The molecule has 36 heavy (non-hydrogen) atoms. The van der Waals surface area contributed by atoms with Gasteiger partial charge in [-0.3, -0.25) is 14.5 Å². The lowest BCUT2D eigenvalue weighted by molar-refractivity contribution is -0.124. The van der Waals surface area contributed by atoms with E-state index in [0.29, 0.717) is 12.4 Å². The number of carbonyl (C=O) groups is 2. The van der Waals surface area contributed by atoms with E-state index in [4.69, 9.17) is 4.74 Å². The topological polar surface area (TPSA) is 88.9 Å². The summed E-state index contributed by atoms with van der Waals surface area (Å²) in [6.07, 6.45) is -0.0217. The summed E-state index contributed by atoms with van der Waals surface area (Å²) in [6, 6.07) is 17.6. The van der Waals surface area contributed by atoms with Crippen molar-refractivity contribution in [2.75, 3.05) is 50.6 Å². The maximum atomic E-state index is 13.0. The molecule has 1 aliphatic rings. The number of Topliss-reactive ketones (excluding diaryl/α,β-unsaturated/α-hetero) is 1. The van der Waals surface area contributed by atoms with Crippen LogP contribution in [0.4, 0.5) is 11.4 Å². The largest absolute Gasteiger partial charge is 0.497 e. The van der Waals surface area contributed by atoms with E-state index >= 15 is 0 Å². The number of rotatable bonds is 11. The molecule has 1 aliphatic heterocycles. The van der Waals surface area contributed by atoms with Gasteiger partial charge in [0.05, 0.1) is 24.5 Å². The molecule has 0 aliphatic carbocycles. The van der Waals surface area contributed by atoms with Crippen molar-refractivity contribution in [1.29, 1.82) is 5.26 Å². The number of fused-ring (bicyclic) bond motifs is 1. The second kappa shape index (κ2) is 12.2. The molecule has 0 saturated heterocycles. The maximum Gasteiger partial charge on any atom is 0.220 e. The first kappa shape index (κ1) is 26.8. The minimum Gasteiger partial charge on any atom is -0.497 e. The summed E-state index contributed by atoms with van der Waals surface area (Å²) in [7, 11) is 5.30. The lowest BCUT2D eigenvalue weighted by Crippen LogP contribution is -2.38. The highest BCUT2D eigenvalue weighted by atomic mass is 16.5. The van der Waals surface area contributed by atoms with Gasteiger partial charge in [-0.2, -0.15) is 5.26 Å². The third kappa shape index (κ3) is 5.69. The molecule has 1 N–H and O–H groups in total. The number of ether oxygens (including phenoxy) is 1. The van der Waals surface area contributed by atoms with Gasteiger partial charge in [0.1, 0.15) is 23.2 Å². The summed E-state index contributed by atoms with van der Waals surface area (Å²) in [5.74, 6) is 0.732. The van der Waals surface area contributed by atoms with Crippen LogP contribution in [-0.4, -0.2) is 57.4 Å². The van der Waals surface area contributed by atoms with Gasteiger partial charge in [0, 0.05) is 33.5 Å². The molecule has 3 rings (SSSR count). The number of likely N-dealkylation sites (N-methyl/N-ethyl adjacent to an activating group) is 1. The molecule has 0 saturated carbocycles. The number of carbonyl (C=O) groups excluding carboxylic acids is 2. The van der Waals surface area contributed by atoms with Crippen molar-refractivity contribution < 1.29 is 14.3 Å². The zero-order valence-corrected chi connectivity index (χ0v) is 21.7. The average Bonchev–Trinajstić information content (AvgIpc) is 3.15. The molecule has 1 unspecified atom stereocenters. The quantitative estimate of drug-likeness (QED) is 0.379. The van der Waals surface area contributed by atoms with Crippen molar-refractivity contribution in [1.82, 2.24) is 10.2 Å². The fourth-order valence-corrected chi connectivity index (χ4v) is 4.68. The van der Waals surface area contributed by atoms with Gasteiger partial charge in [-0.25, -0.2) is 0 Å². The molecule has 0 bridgehead atoms. The third-order valence-electron chi connectivity index (χ3n) is 6.66. The van der Waals surface area contributed by atoms with Crippen LogP contribution in [0.5, 0.6) is 5.75 Å². The van der Waals surface area contributed by atoms with Crippen LogP contribution in [0.2, 0.25) is 0 Å². The van der Waals surface area contributed by atoms with Crippen LogP contribution in [0.25, 0.3) is 0 Å². The van der Waals surface area contributed by atoms with E-state index in [1.165, 1.54) is 0 Å². The van der Waals surface area contributed by atoms with Crippen molar-refractivity contribution in [3.63, 3.8) is 0 Å². The molecule has 1 atom stereocenters. The minimum atomic E-state index is -0.345. The van der Waals surface area contributed by atoms with E-state index in [9.17, 15) is 14.9 Å². The van der Waals surface area contributed by atoms with Crippen molar-refractivity contribution in [3.05, 3.63) is 65.5 Å². The van der Waals surface area contributed by atoms with Gasteiger partial charge in [0.15, 0.2) is 5.78 Å². The second-order valence-electron chi connectivity index (χ2n) is 8.66. The van der Waals surface area contributed by atoms with Crippen LogP contribution in [0.15, 0.2) is 59.9 Å². The average molecular weight is 490 g/mol. The first-order valence-electron chi connectivity index (χ1n) is 12.2. The number of ketones is 1. The second-order valence-corrected chi connectivity index (χ2v) is 8.66. The van der Waals surface area contributed by atoms with Gasteiger partial charge in [-0.05, 0) is 42.9 Å². The van der Waals surface area contributed by atoms with Gasteiger partial charge in [-0.1, -0.05) is 38.1 Å². The lowest BCUT2D eigenvalue weighted by atomic mass is 10.0. The molecule has 190 valence electrons. The van der Waals surface area contributed by atoms with Crippen LogP contribution in [0.1, 0.15) is 38.3 Å². The summed E-state index contributed by atoms with van der Waals surface area (Å²) in [5.41, 5.74) is 2.96. The number of para-hydroxylation sites is 2. The highest BCUT2D eigenvalue weighted by Crippen LogP contribution is 2.40. The predicted molar refractivity (Wildman–Crippen MR) is 142 cm³/mol. The number of allylic oxidation sites excluding steroid dienone is 1. The van der Waals surface area contributed by atoms with E-state index in [-0.39, 0.29) is 36.1 Å². The monoisotopic (exact) mass is 489 g/mol. The zero-order chi connectivity index (χ0) is 26.2. The molecule has 0 radical (unpaired) electrons. The number of benzene rings is 2. The van der Waals surface area contributed by atoms with E-state index in [1.54, 1.807) is 7.11 Å². The molecular formula is C28H35N5O3. The summed E-state index contributed by atoms with van der Waals surface area (Å²) in [4.78, 5) is 31.7. The Balaban J connectivity index is 1.66. The maximum absolute atomic E-state index is 13.0. The fourth-order valence-electron chi connectivity index (χ4n) is 4.68. The summed E-state index contributed by atoms with van der Waals surface area (Å²) in [6.45, 7) is 6.24. The molecule has 8 heteroatoms. The van der Waals surface area contributed by atoms with Gasteiger partial charge >= 0.3 is 0 Å². The van der Waals surface area contributed by atoms with Crippen LogP contribution in [0.3, 0.4) is 0 Å². The Morgan fingerprint density at radius 1 is 1.03 bits per heavy atom. The smallest absolute Gasteiger partial charge is 0.220 e. The first-order valence-corrected chi connectivity index (χ1v) is 12.2. The van der Waals surface area contributed by atoms with Gasteiger partial charge < -0.3 is 19.9 Å². The summed E-state index contributed by atoms with van der Waals surface area (Å²) in [5, 5.41) is 12.8. The fraction of sp³-hybridized carbons (Fsp3) is 0.393. The molecular weight excluding hydrogens is 454 g/mol. The van der Waals surface area contributed by atoms with Crippen LogP contribution in [0, 0.1) is 11.3 Å².